The van der Waals surface area contributed by atoms with E-state index in [4.69, 9.17) is 0 Å². The summed E-state index contributed by atoms with van der Waals surface area (Å²) in [5, 5.41) is 0. The Morgan fingerprint density at radius 1 is 1.33 bits per heavy atom. The molecule has 0 atom stereocenters. The molecular weight excluding hydrogens is 198 g/mol. The highest BCUT2D eigenvalue weighted by atomic mass is 19.2. The monoisotopic (exact) mass is 208 g/mol. The summed E-state index contributed by atoms with van der Waals surface area (Å²) in [6.45, 7) is 1.68. The van der Waals surface area contributed by atoms with Crippen molar-refractivity contribution in [1.29, 1.82) is 0 Å². The molecule has 0 radical (unpaired) electrons. The van der Waals surface area contributed by atoms with Crippen LogP contribution in [0, 0.1) is 23.5 Å². The minimum Gasteiger partial charge on any atom is -0.294 e. The van der Waals surface area contributed by atoms with Crippen molar-refractivity contribution in [2.75, 3.05) is 0 Å². The molecule has 0 unspecified atom stereocenters. The Kier molecular flexibility index (Phi) is 3.99. The molecule has 0 aliphatic carbocycles. The fourth-order valence-electron chi connectivity index (χ4n) is 1.11. The van der Waals surface area contributed by atoms with Gasteiger partial charge < -0.3 is 0 Å². The van der Waals surface area contributed by atoms with Crippen molar-refractivity contribution in [3.8, 4) is 11.8 Å². The van der Waals surface area contributed by atoms with Gasteiger partial charge in [0.2, 0.25) is 0 Å². The molecule has 0 N–H and O–H groups in total. The van der Waals surface area contributed by atoms with Crippen molar-refractivity contribution in [2.45, 2.75) is 19.8 Å². The number of hydrogen-bond acceptors (Lipinski definition) is 1. The lowest BCUT2D eigenvalue weighted by Gasteiger charge is -1.99. The van der Waals surface area contributed by atoms with Crippen molar-refractivity contribution in [2.24, 2.45) is 0 Å². The summed E-state index contributed by atoms with van der Waals surface area (Å²) in [5.74, 6) is 3.23. The summed E-state index contributed by atoms with van der Waals surface area (Å²) in [6, 6.07) is 3.14. The zero-order valence-electron chi connectivity index (χ0n) is 8.31. The van der Waals surface area contributed by atoms with Gasteiger partial charge in [-0.2, -0.15) is 0 Å². The average Bonchev–Trinajstić information content (AvgIpc) is 2.22. The number of benzene rings is 1. The fraction of sp³-hybridized carbons (Fsp3) is 0.250. The van der Waals surface area contributed by atoms with E-state index >= 15 is 0 Å². The lowest BCUT2D eigenvalue weighted by molar-refractivity contribution is 0.0984. The van der Waals surface area contributed by atoms with Gasteiger partial charge in [-0.25, -0.2) is 8.78 Å². The maximum absolute atomic E-state index is 12.8. The summed E-state index contributed by atoms with van der Waals surface area (Å²) in [5.41, 5.74) is 0.187. The van der Waals surface area contributed by atoms with Crippen LogP contribution in [-0.4, -0.2) is 5.78 Å². The van der Waals surface area contributed by atoms with Gasteiger partial charge in [-0.1, -0.05) is 0 Å². The number of ketones is 1. The third kappa shape index (κ3) is 3.17. The zero-order valence-corrected chi connectivity index (χ0v) is 8.31. The van der Waals surface area contributed by atoms with Gasteiger partial charge in [-0.05, 0) is 25.1 Å². The van der Waals surface area contributed by atoms with E-state index in [1.54, 1.807) is 6.92 Å². The van der Waals surface area contributed by atoms with Crippen LogP contribution < -0.4 is 0 Å². The van der Waals surface area contributed by atoms with E-state index in [1.165, 1.54) is 6.07 Å². The Bertz CT molecular complexity index is 427. The van der Waals surface area contributed by atoms with Crippen LogP contribution >= 0.6 is 0 Å². The summed E-state index contributed by atoms with van der Waals surface area (Å²) in [4.78, 5) is 11.4. The molecule has 0 saturated carbocycles. The Balaban J connectivity index is 2.72. The predicted molar refractivity (Wildman–Crippen MR) is 53.4 cm³/mol. The molecule has 1 aromatic carbocycles. The quantitative estimate of drug-likeness (QED) is 0.551. The lowest BCUT2D eigenvalue weighted by atomic mass is 10.1. The molecule has 0 spiro atoms. The van der Waals surface area contributed by atoms with E-state index in [0.29, 0.717) is 6.42 Å². The number of rotatable bonds is 3. The zero-order chi connectivity index (χ0) is 11.3. The standard InChI is InChI=1S/C12H10F2O/c1-2-3-4-5-12(15)9-6-7-10(13)11(14)8-9/h6-8H,4-5H2,1H3. The Morgan fingerprint density at radius 2 is 2.07 bits per heavy atom. The van der Waals surface area contributed by atoms with Gasteiger partial charge in [0.05, 0.1) is 0 Å². The maximum Gasteiger partial charge on any atom is 0.163 e. The van der Waals surface area contributed by atoms with Crippen molar-refractivity contribution in [3.05, 3.63) is 35.4 Å². The van der Waals surface area contributed by atoms with E-state index in [-0.39, 0.29) is 17.8 Å². The number of carbonyl (C=O) groups excluding carboxylic acids is 1. The van der Waals surface area contributed by atoms with Crippen LogP contribution in [0.3, 0.4) is 0 Å². The third-order valence-electron chi connectivity index (χ3n) is 1.90. The number of hydrogen-bond donors (Lipinski definition) is 0. The van der Waals surface area contributed by atoms with E-state index in [2.05, 4.69) is 11.8 Å². The van der Waals surface area contributed by atoms with Crippen LogP contribution in [0.4, 0.5) is 8.78 Å². The molecule has 3 heteroatoms. The van der Waals surface area contributed by atoms with Gasteiger partial charge in [0.1, 0.15) is 0 Å². The third-order valence-corrected chi connectivity index (χ3v) is 1.90. The first kappa shape index (κ1) is 11.4. The molecule has 0 aliphatic heterocycles. The molecule has 1 aromatic rings. The van der Waals surface area contributed by atoms with Crippen LogP contribution in [-0.2, 0) is 0 Å². The second kappa shape index (κ2) is 5.26. The molecule has 15 heavy (non-hydrogen) atoms. The molecule has 1 rings (SSSR count). The molecule has 0 saturated heterocycles. The number of carbonyl (C=O) groups is 1. The van der Waals surface area contributed by atoms with Crippen LogP contribution in [0.25, 0.3) is 0 Å². The molecule has 0 heterocycles. The summed E-state index contributed by atoms with van der Waals surface area (Å²) in [7, 11) is 0. The molecular formula is C12H10F2O. The topological polar surface area (TPSA) is 17.1 Å². The van der Waals surface area contributed by atoms with Crippen molar-refractivity contribution < 1.29 is 13.6 Å². The molecule has 0 bridgehead atoms. The molecule has 0 fully saturated rings. The van der Waals surface area contributed by atoms with Crippen molar-refractivity contribution in [1.82, 2.24) is 0 Å². The van der Waals surface area contributed by atoms with Crippen LogP contribution in [0.5, 0.6) is 0 Å². The molecule has 0 aliphatic rings. The van der Waals surface area contributed by atoms with E-state index in [9.17, 15) is 13.6 Å². The van der Waals surface area contributed by atoms with Gasteiger partial charge in [0, 0.05) is 18.4 Å². The van der Waals surface area contributed by atoms with Gasteiger partial charge in [0.15, 0.2) is 17.4 Å². The highest BCUT2D eigenvalue weighted by molar-refractivity contribution is 5.96. The first-order valence-electron chi connectivity index (χ1n) is 4.53. The Labute approximate surface area is 87.1 Å². The fourth-order valence-corrected chi connectivity index (χ4v) is 1.11. The second-order valence-corrected chi connectivity index (χ2v) is 2.98. The number of Topliss-reactive ketones (excluding diaryl/α,β-unsaturated/α-hetero) is 1. The molecule has 0 amide bonds. The van der Waals surface area contributed by atoms with Gasteiger partial charge >= 0.3 is 0 Å². The van der Waals surface area contributed by atoms with E-state index in [1.807, 2.05) is 0 Å². The SMILES string of the molecule is CC#CCCC(=O)c1ccc(F)c(F)c1. The van der Waals surface area contributed by atoms with Crippen molar-refractivity contribution in [3.63, 3.8) is 0 Å². The molecule has 78 valence electrons. The van der Waals surface area contributed by atoms with Crippen molar-refractivity contribution >= 4 is 5.78 Å². The van der Waals surface area contributed by atoms with Crippen LogP contribution in [0.2, 0.25) is 0 Å². The summed E-state index contributed by atoms with van der Waals surface area (Å²) >= 11 is 0. The van der Waals surface area contributed by atoms with Gasteiger partial charge in [-0.15, -0.1) is 11.8 Å². The highest BCUT2D eigenvalue weighted by Crippen LogP contribution is 2.11. The van der Waals surface area contributed by atoms with Crippen LogP contribution in [0.1, 0.15) is 30.1 Å². The Hall–Kier alpha value is -1.69. The minimum absolute atomic E-state index is 0.187. The smallest absolute Gasteiger partial charge is 0.163 e. The number of halogens is 2. The van der Waals surface area contributed by atoms with Crippen LogP contribution in [0.15, 0.2) is 18.2 Å². The highest BCUT2D eigenvalue weighted by Gasteiger charge is 2.08. The molecule has 0 aromatic heterocycles. The van der Waals surface area contributed by atoms with E-state index < -0.39 is 11.6 Å². The summed E-state index contributed by atoms with van der Waals surface area (Å²) < 4.78 is 25.3. The van der Waals surface area contributed by atoms with E-state index in [0.717, 1.165) is 12.1 Å². The van der Waals surface area contributed by atoms with Gasteiger partial charge in [0.25, 0.3) is 0 Å². The summed E-state index contributed by atoms with van der Waals surface area (Å²) in [6.07, 6.45) is 0.667. The first-order chi connectivity index (χ1) is 7.15. The Morgan fingerprint density at radius 3 is 2.67 bits per heavy atom. The second-order valence-electron chi connectivity index (χ2n) is 2.98. The minimum atomic E-state index is -0.998. The van der Waals surface area contributed by atoms with Gasteiger partial charge in [-0.3, -0.25) is 4.79 Å². The molecule has 1 nitrogen and oxygen atoms in total. The predicted octanol–water partition coefficient (Wildman–Crippen LogP) is 2.95. The normalized spacial score (nSPS) is 9.27. The average molecular weight is 208 g/mol. The maximum atomic E-state index is 12.8. The largest absolute Gasteiger partial charge is 0.294 e. The lowest BCUT2D eigenvalue weighted by Crippen LogP contribution is -1.99. The first-order valence-corrected chi connectivity index (χ1v) is 4.53.